The lowest BCUT2D eigenvalue weighted by atomic mass is 10.1. The van der Waals surface area contributed by atoms with Gasteiger partial charge in [-0.05, 0) is 12.8 Å². The van der Waals surface area contributed by atoms with Crippen molar-refractivity contribution in [3.05, 3.63) is 0 Å². The van der Waals surface area contributed by atoms with Crippen LogP contribution in [0.1, 0.15) is 39.0 Å². The first-order valence-corrected chi connectivity index (χ1v) is 5.31. The molecular formula is C10H19F3O2. The monoisotopic (exact) mass is 228 g/mol. The lowest BCUT2D eigenvalue weighted by molar-refractivity contribution is -0.223. The molecule has 15 heavy (non-hydrogen) atoms. The summed E-state index contributed by atoms with van der Waals surface area (Å²) in [5, 5.41) is 8.43. The van der Waals surface area contributed by atoms with Crippen LogP contribution in [0.2, 0.25) is 0 Å². The minimum Gasteiger partial charge on any atom is -0.396 e. The second kappa shape index (κ2) is 7.93. The molecule has 1 unspecified atom stereocenters. The van der Waals surface area contributed by atoms with E-state index in [1.807, 2.05) is 6.92 Å². The smallest absolute Gasteiger partial charge is 0.396 e. The molecule has 0 aromatic heterocycles. The van der Waals surface area contributed by atoms with Crippen molar-refractivity contribution in [2.45, 2.75) is 51.3 Å². The standard InChI is InChI=1S/C10H19F3O2/c1-2-3-4-6-9(10(11,12)13)15-8-5-7-14/h9,14H,2-8H2,1H3. The third-order valence-corrected chi connectivity index (χ3v) is 2.06. The molecule has 0 spiro atoms. The van der Waals surface area contributed by atoms with E-state index in [1.165, 1.54) is 0 Å². The Balaban J connectivity index is 3.85. The van der Waals surface area contributed by atoms with Crippen LogP contribution in [0.4, 0.5) is 13.2 Å². The molecule has 0 heterocycles. The van der Waals surface area contributed by atoms with Crippen LogP contribution < -0.4 is 0 Å². The van der Waals surface area contributed by atoms with Gasteiger partial charge in [-0.1, -0.05) is 26.2 Å². The molecule has 0 saturated carbocycles. The number of halogens is 3. The highest BCUT2D eigenvalue weighted by molar-refractivity contribution is 4.67. The summed E-state index contributed by atoms with van der Waals surface area (Å²) >= 11 is 0. The van der Waals surface area contributed by atoms with Crippen LogP contribution in [0.15, 0.2) is 0 Å². The fourth-order valence-electron chi connectivity index (χ4n) is 1.21. The van der Waals surface area contributed by atoms with Crippen molar-refractivity contribution >= 4 is 0 Å². The van der Waals surface area contributed by atoms with Crippen LogP contribution >= 0.6 is 0 Å². The predicted molar refractivity (Wildman–Crippen MR) is 51.6 cm³/mol. The van der Waals surface area contributed by atoms with E-state index in [0.717, 1.165) is 12.8 Å². The summed E-state index contributed by atoms with van der Waals surface area (Å²) < 4.78 is 41.9. The highest BCUT2D eigenvalue weighted by Crippen LogP contribution is 2.27. The molecule has 1 N–H and O–H groups in total. The van der Waals surface area contributed by atoms with Crippen molar-refractivity contribution in [2.24, 2.45) is 0 Å². The van der Waals surface area contributed by atoms with Gasteiger partial charge in [-0.15, -0.1) is 0 Å². The third-order valence-electron chi connectivity index (χ3n) is 2.06. The van der Waals surface area contributed by atoms with Gasteiger partial charge >= 0.3 is 6.18 Å². The Kier molecular flexibility index (Phi) is 7.78. The van der Waals surface area contributed by atoms with Gasteiger partial charge in [0.25, 0.3) is 0 Å². The first-order chi connectivity index (χ1) is 7.02. The molecule has 0 aromatic carbocycles. The summed E-state index contributed by atoms with van der Waals surface area (Å²) in [6, 6.07) is 0. The van der Waals surface area contributed by atoms with Gasteiger partial charge in [0.15, 0.2) is 6.10 Å². The summed E-state index contributed by atoms with van der Waals surface area (Å²) in [5.41, 5.74) is 0. The minimum atomic E-state index is -4.29. The first kappa shape index (κ1) is 14.7. The lowest BCUT2D eigenvalue weighted by Gasteiger charge is -2.20. The molecule has 92 valence electrons. The van der Waals surface area contributed by atoms with Crippen molar-refractivity contribution < 1.29 is 23.0 Å². The van der Waals surface area contributed by atoms with Crippen molar-refractivity contribution in [1.82, 2.24) is 0 Å². The second-order valence-corrected chi connectivity index (χ2v) is 3.47. The molecule has 0 rings (SSSR count). The molecule has 0 aliphatic rings. The molecule has 2 nitrogen and oxygen atoms in total. The number of hydrogen-bond acceptors (Lipinski definition) is 2. The maximum Gasteiger partial charge on any atom is 0.414 e. The molecule has 0 aliphatic carbocycles. The zero-order valence-electron chi connectivity index (χ0n) is 9.02. The highest BCUT2D eigenvalue weighted by atomic mass is 19.4. The van der Waals surface area contributed by atoms with Crippen LogP contribution in [-0.2, 0) is 4.74 Å². The van der Waals surface area contributed by atoms with Crippen molar-refractivity contribution in [3.8, 4) is 0 Å². The molecule has 1 atom stereocenters. The van der Waals surface area contributed by atoms with Crippen LogP contribution in [-0.4, -0.2) is 30.6 Å². The van der Waals surface area contributed by atoms with E-state index in [4.69, 9.17) is 9.84 Å². The summed E-state index contributed by atoms with van der Waals surface area (Å²) in [5.74, 6) is 0. The Bertz CT molecular complexity index is 138. The van der Waals surface area contributed by atoms with Gasteiger partial charge in [0.2, 0.25) is 0 Å². The predicted octanol–water partition coefficient (Wildman–Crippen LogP) is 2.90. The van der Waals surface area contributed by atoms with Crippen LogP contribution in [0.3, 0.4) is 0 Å². The van der Waals surface area contributed by atoms with Crippen molar-refractivity contribution in [1.29, 1.82) is 0 Å². The average Bonchev–Trinajstić information content (AvgIpc) is 2.14. The van der Waals surface area contributed by atoms with E-state index in [1.54, 1.807) is 0 Å². The van der Waals surface area contributed by atoms with Gasteiger partial charge in [0.05, 0.1) is 0 Å². The van der Waals surface area contributed by atoms with E-state index in [2.05, 4.69) is 0 Å². The maximum absolute atomic E-state index is 12.4. The number of unbranched alkanes of at least 4 members (excludes halogenated alkanes) is 2. The molecule has 0 saturated heterocycles. The average molecular weight is 228 g/mol. The molecule has 0 aliphatic heterocycles. The molecule has 0 aromatic rings. The largest absolute Gasteiger partial charge is 0.414 e. The van der Waals surface area contributed by atoms with E-state index < -0.39 is 12.3 Å². The number of aliphatic hydroxyl groups is 1. The Morgan fingerprint density at radius 1 is 1.20 bits per heavy atom. The third kappa shape index (κ3) is 7.62. The topological polar surface area (TPSA) is 29.5 Å². The van der Waals surface area contributed by atoms with Gasteiger partial charge in [0, 0.05) is 13.2 Å². The van der Waals surface area contributed by atoms with Crippen LogP contribution in [0, 0.1) is 0 Å². The van der Waals surface area contributed by atoms with E-state index >= 15 is 0 Å². The Morgan fingerprint density at radius 2 is 1.87 bits per heavy atom. The lowest BCUT2D eigenvalue weighted by Crippen LogP contribution is -2.32. The molecular weight excluding hydrogens is 209 g/mol. The van der Waals surface area contributed by atoms with Gasteiger partial charge < -0.3 is 9.84 Å². The Morgan fingerprint density at radius 3 is 2.33 bits per heavy atom. The number of alkyl halides is 3. The number of rotatable bonds is 8. The second-order valence-electron chi connectivity index (χ2n) is 3.47. The summed E-state index contributed by atoms with van der Waals surface area (Å²) in [7, 11) is 0. The van der Waals surface area contributed by atoms with Gasteiger partial charge in [-0.25, -0.2) is 0 Å². The van der Waals surface area contributed by atoms with Crippen molar-refractivity contribution in [2.75, 3.05) is 13.2 Å². The number of ether oxygens (including phenoxy) is 1. The molecule has 0 radical (unpaired) electrons. The summed E-state index contributed by atoms with van der Waals surface area (Å²) in [4.78, 5) is 0. The van der Waals surface area contributed by atoms with E-state index in [0.29, 0.717) is 6.42 Å². The van der Waals surface area contributed by atoms with E-state index in [-0.39, 0.29) is 26.1 Å². The Labute approximate surface area is 88.4 Å². The summed E-state index contributed by atoms with van der Waals surface area (Å²) in [6.07, 6.45) is -3.49. The zero-order chi connectivity index (χ0) is 11.7. The molecule has 0 fully saturated rings. The SMILES string of the molecule is CCCCCC(OCCCO)C(F)(F)F. The zero-order valence-corrected chi connectivity index (χ0v) is 9.02. The minimum absolute atomic E-state index is 0.0166. The maximum atomic E-state index is 12.4. The highest BCUT2D eigenvalue weighted by Gasteiger charge is 2.39. The summed E-state index contributed by atoms with van der Waals surface area (Å²) in [6.45, 7) is 1.77. The molecule has 5 heteroatoms. The number of aliphatic hydroxyl groups excluding tert-OH is 1. The van der Waals surface area contributed by atoms with Gasteiger partial charge in [0.1, 0.15) is 0 Å². The normalized spacial score (nSPS) is 14.2. The number of hydrogen-bond donors (Lipinski definition) is 1. The van der Waals surface area contributed by atoms with Crippen molar-refractivity contribution in [3.63, 3.8) is 0 Å². The molecule has 0 bridgehead atoms. The molecule has 0 amide bonds. The quantitative estimate of drug-likeness (QED) is 0.647. The van der Waals surface area contributed by atoms with Crippen LogP contribution in [0.5, 0.6) is 0 Å². The van der Waals surface area contributed by atoms with Gasteiger partial charge in [-0.2, -0.15) is 13.2 Å². The fourth-order valence-corrected chi connectivity index (χ4v) is 1.21. The van der Waals surface area contributed by atoms with E-state index in [9.17, 15) is 13.2 Å². The van der Waals surface area contributed by atoms with Crippen LogP contribution in [0.25, 0.3) is 0 Å². The van der Waals surface area contributed by atoms with Gasteiger partial charge in [-0.3, -0.25) is 0 Å². The first-order valence-electron chi connectivity index (χ1n) is 5.31. The fraction of sp³-hybridized carbons (Fsp3) is 1.00. The Hall–Kier alpha value is -0.290.